The number of thiophene rings is 1. The number of aryl methyl sites for hydroxylation is 1. The molecule has 1 N–H and O–H groups in total. The van der Waals surface area contributed by atoms with Crippen LogP contribution in [0.4, 0.5) is 15.9 Å². The Morgan fingerprint density at radius 2 is 2.23 bits per heavy atom. The summed E-state index contributed by atoms with van der Waals surface area (Å²) < 4.78 is 13.4. The van der Waals surface area contributed by atoms with E-state index in [0.717, 1.165) is 34.8 Å². The van der Waals surface area contributed by atoms with Crippen LogP contribution in [0.15, 0.2) is 30.6 Å². The van der Waals surface area contributed by atoms with Gasteiger partial charge in [-0.25, -0.2) is 14.4 Å². The molecule has 0 fully saturated rings. The third kappa shape index (κ3) is 2.35. The van der Waals surface area contributed by atoms with Gasteiger partial charge in [0, 0.05) is 10.6 Å². The highest BCUT2D eigenvalue weighted by atomic mass is 32.1. The lowest BCUT2D eigenvalue weighted by Crippen LogP contribution is -2.09. The lowest BCUT2D eigenvalue weighted by molar-refractivity contribution is 0.509. The number of anilines is 2. The topological polar surface area (TPSA) is 37.8 Å². The van der Waals surface area contributed by atoms with Crippen molar-refractivity contribution >= 4 is 33.1 Å². The number of fused-ring (bicyclic) bond motifs is 3. The van der Waals surface area contributed by atoms with Crippen molar-refractivity contribution in [1.82, 2.24) is 9.97 Å². The molecule has 5 heteroatoms. The first-order valence-corrected chi connectivity index (χ1v) is 8.30. The smallest absolute Gasteiger partial charge is 0.142 e. The number of hydrogen-bond acceptors (Lipinski definition) is 4. The van der Waals surface area contributed by atoms with Crippen molar-refractivity contribution in [2.45, 2.75) is 26.2 Å². The van der Waals surface area contributed by atoms with Gasteiger partial charge in [0.15, 0.2) is 0 Å². The second-order valence-corrected chi connectivity index (χ2v) is 6.97. The van der Waals surface area contributed by atoms with Gasteiger partial charge in [-0.1, -0.05) is 13.0 Å². The minimum Gasteiger partial charge on any atom is -0.339 e. The van der Waals surface area contributed by atoms with Crippen LogP contribution in [0.3, 0.4) is 0 Å². The molecule has 1 atom stereocenters. The zero-order valence-corrected chi connectivity index (χ0v) is 13.1. The van der Waals surface area contributed by atoms with E-state index in [1.807, 2.05) is 6.07 Å². The van der Waals surface area contributed by atoms with Crippen molar-refractivity contribution in [3.05, 3.63) is 46.9 Å². The van der Waals surface area contributed by atoms with E-state index in [0.29, 0.717) is 5.69 Å². The fourth-order valence-electron chi connectivity index (χ4n) is 3.07. The highest BCUT2D eigenvalue weighted by molar-refractivity contribution is 7.19. The van der Waals surface area contributed by atoms with Crippen molar-refractivity contribution < 1.29 is 4.39 Å². The maximum Gasteiger partial charge on any atom is 0.142 e. The van der Waals surface area contributed by atoms with E-state index in [9.17, 15) is 4.39 Å². The normalized spacial score (nSPS) is 17.5. The molecule has 2 heterocycles. The molecule has 0 saturated carbocycles. The second-order valence-electron chi connectivity index (χ2n) is 5.89. The number of halogens is 1. The average Bonchev–Trinajstić information content (AvgIpc) is 2.85. The van der Waals surface area contributed by atoms with Crippen molar-refractivity contribution in [2.24, 2.45) is 5.92 Å². The molecule has 0 bridgehead atoms. The molecular weight excluding hydrogens is 297 g/mol. The number of nitrogens with zero attached hydrogens (tertiary/aromatic N) is 2. The first-order valence-electron chi connectivity index (χ1n) is 7.48. The number of benzene rings is 1. The molecule has 2 aromatic heterocycles. The molecule has 1 aliphatic carbocycles. The van der Waals surface area contributed by atoms with Crippen LogP contribution in [-0.4, -0.2) is 9.97 Å². The number of hydrogen-bond donors (Lipinski definition) is 1. The fraction of sp³-hybridized carbons (Fsp3) is 0.294. The van der Waals surface area contributed by atoms with Gasteiger partial charge in [-0.05, 0) is 48.9 Å². The molecular formula is C17H16FN3S. The van der Waals surface area contributed by atoms with Gasteiger partial charge in [-0.3, -0.25) is 0 Å². The number of aromatic nitrogens is 2. The lowest BCUT2D eigenvalue weighted by Gasteiger charge is -2.18. The van der Waals surface area contributed by atoms with Gasteiger partial charge in [-0.2, -0.15) is 0 Å². The fourth-order valence-corrected chi connectivity index (χ4v) is 4.42. The van der Waals surface area contributed by atoms with E-state index >= 15 is 0 Å². The Labute approximate surface area is 132 Å². The van der Waals surface area contributed by atoms with Gasteiger partial charge >= 0.3 is 0 Å². The highest BCUT2D eigenvalue weighted by Crippen LogP contribution is 2.40. The Bertz CT molecular complexity index is 843. The van der Waals surface area contributed by atoms with Crippen LogP contribution in [0.2, 0.25) is 0 Å². The van der Waals surface area contributed by atoms with Gasteiger partial charge in [0.25, 0.3) is 0 Å². The van der Waals surface area contributed by atoms with Crippen LogP contribution in [-0.2, 0) is 12.8 Å². The first kappa shape index (κ1) is 13.6. The van der Waals surface area contributed by atoms with Crippen molar-refractivity contribution in [3.63, 3.8) is 0 Å². The van der Waals surface area contributed by atoms with Gasteiger partial charge in [0.1, 0.15) is 22.8 Å². The first-order chi connectivity index (χ1) is 10.7. The maximum atomic E-state index is 13.4. The molecule has 112 valence electrons. The quantitative estimate of drug-likeness (QED) is 0.745. The molecule has 4 rings (SSSR count). The summed E-state index contributed by atoms with van der Waals surface area (Å²) in [4.78, 5) is 11.3. The molecule has 0 saturated heterocycles. The second kappa shape index (κ2) is 5.32. The van der Waals surface area contributed by atoms with Crippen LogP contribution in [0.5, 0.6) is 0 Å². The summed E-state index contributed by atoms with van der Waals surface area (Å²) in [6, 6.07) is 6.46. The van der Waals surface area contributed by atoms with E-state index in [1.165, 1.54) is 29.0 Å². The standard InChI is InChI=1S/C17H16FN3S/c1-10-5-6-13-14(7-10)22-17-15(13)16(19-9-20-17)21-12-4-2-3-11(18)8-12/h2-4,8-10H,5-7H2,1H3,(H,19,20,21)/t10-/m1/s1. The summed E-state index contributed by atoms with van der Waals surface area (Å²) in [6.45, 7) is 2.30. The van der Waals surface area contributed by atoms with Crippen molar-refractivity contribution in [1.29, 1.82) is 0 Å². The summed E-state index contributed by atoms with van der Waals surface area (Å²) in [5, 5.41) is 4.36. The maximum absolute atomic E-state index is 13.4. The third-order valence-corrected chi connectivity index (χ3v) is 5.34. The van der Waals surface area contributed by atoms with Crippen LogP contribution in [0.25, 0.3) is 10.2 Å². The minimum atomic E-state index is -0.253. The van der Waals surface area contributed by atoms with Gasteiger partial charge in [0.2, 0.25) is 0 Å². The number of rotatable bonds is 2. The van der Waals surface area contributed by atoms with E-state index < -0.39 is 0 Å². The largest absolute Gasteiger partial charge is 0.339 e. The summed E-state index contributed by atoms with van der Waals surface area (Å²) in [5.41, 5.74) is 2.08. The van der Waals surface area contributed by atoms with Crippen LogP contribution < -0.4 is 5.32 Å². The van der Waals surface area contributed by atoms with Gasteiger partial charge < -0.3 is 5.32 Å². The summed E-state index contributed by atoms with van der Waals surface area (Å²) in [6.07, 6.45) is 4.97. The Kier molecular flexibility index (Phi) is 3.30. The van der Waals surface area contributed by atoms with Gasteiger partial charge in [-0.15, -0.1) is 11.3 Å². The third-order valence-electron chi connectivity index (χ3n) is 4.18. The van der Waals surface area contributed by atoms with Crippen LogP contribution in [0, 0.1) is 11.7 Å². The van der Waals surface area contributed by atoms with E-state index in [1.54, 1.807) is 23.7 Å². The Morgan fingerprint density at radius 1 is 1.32 bits per heavy atom. The molecule has 22 heavy (non-hydrogen) atoms. The molecule has 0 unspecified atom stereocenters. The minimum absolute atomic E-state index is 0.253. The summed E-state index contributed by atoms with van der Waals surface area (Å²) >= 11 is 1.77. The lowest BCUT2D eigenvalue weighted by atomic mass is 9.89. The van der Waals surface area contributed by atoms with Crippen LogP contribution >= 0.6 is 11.3 Å². The molecule has 3 nitrogen and oxygen atoms in total. The average molecular weight is 313 g/mol. The van der Waals surface area contributed by atoms with E-state index in [4.69, 9.17) is 0 Å². The molecule has 1 aliphatic rings. The van der Waals surface area contributed by atoms with Crippen molar-refractivity contribution in [3.8, 4) is 0 Å². The molecule has 1 aromatic carbocycles. The molecule has 3 aromatic rings. The molecule has 0 aliphatic heterocycles. The van der Waals surface area contributed by atoms with Crippen molar-refractivity contribution in [2.75, 3.05) is 5.32 Å². The molecule has 0 radical (unpaired) electrons. The van der Waals surface area contributed by atoms with E-state index in [2.05, 4.69) is 22.2 Å². The van der Waals surface area contributed by atoms with Gasteiger partial charge in [0.05, 0.1) is 5.39 Å². The van der Waals surface area contributed by atoms with Crippen LogP contribution in [0.1, 0.15) is 23.8 Å². The highest BCUT2D eigenvalue weighted by Gasteiger charge is 2.23. The predicted octanol–water partition coefficient (Wildman–Crippen LogP) is 4.70. The summed E-state index contributed by atoms with van der Waals surface area (Å²) in [7, 11) is 0. The molecule has 0 amide bonds. The summed E-state index contributed by atoms with van der Waals surface area (Å²) in [5.74, 6) is 1.26. The Morgan fingerprint density at radius 3 is 3.09 bits per heavy atom. The monoisotopic (exact) mass is 313 g/mol. The Hall–Kier alpha value is -2.01. The predicted molar refractivity (Wildman–Crippen MR) is 88.3 cm³/mol. The SMILES string of the molecule is C[C@@H]1CCc2c(sc3ncnc(Nc4cccc(F)c4)c23)C1. The Balaban J connectivity index is 1.81. The number of nitrogens with one attached hydrogen (secondary N) is 1. The molecule has 0 spiro atoms. The zero-order chi connectivity index (χ0) is 15.1. The van der Waals surface area contributed by atoms with E-state index in [-0.39, 0.29) is 5.82 Å². The zero-order valence-electron chi connectivity index (χ0n) is 12.3.